The number of aryl methyl sites for hydroxylation is 1. The summed E-state index contributed by atoms with van der Waals surface area (Å²) in [6, 6.07) is 6.85. The second-order valence-corrected chi connectivity index (χ2v) is 4.39. The van der Waals surface area contributed by atoms with Gasteiger partial charge < -0.3 is 20.7 Å². The highest BCUT2D eigenvalue weighted by molar-refractivity contribution is 5.99. The number of esters is 1. The van der Waals surface area contributed by atoms with Gasteiger partial charge in [0.25, 0.3) is 0 Å². The number of carbonyl (C=O) groups excluding carboxylic acids is 2. The molecule has 0 saturated carbocycles. The number of anilines is 1. The van der Waals surface area contributed by atoms with Crippen LogP contribution in [0.4, 0.5) is 10.5 Å². The van der Waals surface area contributed by atoms with Gasteiger partial charge in [-0.25, -0.2) is 4.79 Å². The fraction of sp³-hybridized carbons (Fsp3) is 0.357. The zero-order valence-corrected chi connectivity index (χ0v) is 13.6. The zero-order chi connectivity index (χ0) is 15.8. The molecule has 1 aromatic rings. The maximum absolute atomic E-state index is 11.8. The Kier molecular flexibility index (Phi) is 8.62. The van der Waals surface area contributed by atoms with E-state index in [1.165, 1.54) is 12.0 Å². The number of aliphatic imine (C=N–C) groups is 1. The van der Waals surface area contributed by atoms with Crippen LogP contribution >= 0.6 is 12.4 Å². The van der Waals surface area contributed by atoms with Gasteiger partial charge in [0.2, 0.25) is 5.96 Å². The topological polar surface area (TPSA) is 97.0 Å². The van der Waals surface area contributed by atoms with E-state index in [4.69, 9.17) is 5.73 Å². The summed E-state index contributed by atoms with van der Waals surface area (Å²) in [7, 11) is 2.82. The fourth-order valence-corrected chi connectivity index (χ4v) is 1.55. The number of hydrogen-bond donors (Lipinski definition) is 2. The Hall–Kier alpha value is -2.28. The summed E-state index contributed by atoms with van der Waals surface area (Å²) >= 11 is 0. The Morgan fingerprint density at radius 1 is 1.41 bits per heavy atom. The lowest BCUT2D eigenvalue weighted by molar-refractivity contribution is -0.140. The number of likely N-dealkylation sites (N-methyl/N-ethyl adjacent to an activating group) is 1. The highest BCUT2D eigenvalue weighted by Gasteiger charge is 2.10. The predicted octanol–water partition coefficient (Wildman–Crippen LogP) is 1.62. The van der Waals surface area contributed by atoms with Crippen molar-refractivity contribution >= 4 is 36.1 Å². The number of hydrogen-bond acceptors (Lipinski definition) is 3. The highest BCUT2D eigenvalue weighted by atomic mass is 35.5. The maximum Gasteiger partial charge on any atom is 0.348 e. The zero-order valence-electron chi connectivity index (χ0n) is 12.8. The van der Waals surface area contributed by atoms with Gasteiger partial charge in [0.15, 0.2) is 0 Å². The van der Waals surface area contributed by atoms with E-state index in [0.29, 0.717) is 5.69 Å². The van der Waals surface area contributed by atoms with Crippen molar-refractivity contribution < 1.29 is 14.3 Å². The first-order chi connectivity index (χ1) is 9.96. The molecule has 2 amide bonds. The van der Waals surface area contributed by atoms with Crippen LogP contribution in [0.2, 0.25) is 0 Å². The maximum atomic E-state index is 11.8. The highest BCUT2D eigenvalue weighted by Crippen LogP contribution is 2.11. The molecule has 1 rings (SSSR count). The van der Waals surface area contributed by atoms with Crippen LogP contribution in [0.3, 0.4) is 0 Å². The second kappa shape index (κ2) is 9.62. The number of guanidine groups is 1. The molecule has 0 heterocycles. The molecule has 8 heteroatoms. The van der Waals surface area contributed by atoms with Crippen molar-refractivity contribution in [2.45, 2.75) is 13.3 Å². The lowest BCUT2D eigenvalue weighted by Crippen LogP contribution is -2.39. The molecule has 3 N–H and O–H groups in total. The van der Waals surface area contributed by atoms with Gasteiger partial charge in [-0.15, -0.1) is 12.4 Å². The third kappa shape index (κ3) is 6.45. The third-order valence-electron chi connectivity index (χ3n) is 2.79. The molecule has 0 saturated heterocycles. The molecular weight excluding hydrogens is 308 g/mol. The second-order valence-electron chi connectivity index (χ2n) is 4.39. The van der Waals surface area contributed by atoms with E-state index >= 15 is 0 Å². The minimum absolute atomic E-state index is 0. The molecule has 0 aromatic heterocycles. The van der Waals surface area contributed by atoms with Crippen molar-refractivity contribution in [3.8, 4) is 0 Å². The number of urea groups is 1. The van der Waals surface area contributed by atoms with Crippen LogP contribution in [0.1, 0.15) is 12.5 Å². The summed E-state index contributed by atoms with van der Waals surface area (Å²) in [4.78, 5) is 27.9. The summed E-state index contributed by atoms with van der Waals surface area (Å²) in [6.07, 6.45) is 0.872. The minimum Gasteiger partial charge on any atom is -0.468 e. The molecule has 0 fully saturated rings. The molecule has 7 nitrogen and oxygen atoms in total. The van der Waals surface area contributed by atoms with Crippen LogP contribution in [-0.2, 0) is 16.0 Å². The van der Waals surface area contributed by atoms with E-state index < -0.39 is 12.0 Å². The van der Waals surface area contributed by atoms with Crippen molar-refractivity contribution in [3.05, 3.63) is 29.8 Å². The van der Waals surface area contributed by atoms with E-state index in [1.54, 1.807) is 13.1 Å². The lowest BCUT2D eigenvalue weighted by atomic mass is 10.1. The number of carbonyl (C=O) groups is 2. The van der Waals surface area contributed by atoms with Crippen LogP contribution in [0, 0.1) is 0 Å². The number of halogens is 1. The van der Waals surface area contributed by atoms with Gasteiger partial charge in [-0.05, 0) is 24.1 Å². The normalized spacial score (nSPS) is 10.4. The van der Waals surface area contributed by atoms with Crippen LogP contribution in [0.5, 0.6) is 0 Å². The van der Waals surface area contributed by atoms with Crippen molar-refractivity contribution in [1.29, 1.82) is 0 Å². The number of nitrogens with two attached hydrogens (primary N) is 1. The number of amides is 2. The van der Waals surface area contributed by atoms with Crippen molar-refractivity contribution in [3.63, 3.8) is 0 Å². The first kappa shape index (κ1) is 19.7. The number of methoxy groups -OCH3 is 1. The van der Waals surface area contributed by atoms with Gasteiger partial charge in [0.05, 0.1) is 7.11 Å². The molecular formula is C14H21ClN4O3. The molecule has 0 unspecified atom stereocenters. The third-order valence-corrected chi connectivity index (χ3v) is 2.79. The molecule has 1 aromatic carbocycles. The standard InChI is InChI=1S/C14H20N4O3.ClH/c1-4-10-6-5-7-11(8-10)16-14(20)17-13(15)18(2)9-12(19)21-3;/h5-8H,4,9H2,1-3H3,(H3,15,16,17,20);1H. The van der Waals surface area contributed by atoms with E-state index in [0.717, 1.165) is 12.0 Å². The fourth-order valence-electron chi connectivity index (χ4n) is 1.55. The number of nitrogens with one attached hydrogen (secondary N) is 1. The van der Waals surface area contributed by atoms with E-state index in [2.05, 4.69) is 15.0 Å². The molecule has 0 atom stereocenters. The molecule has 22 heavy (non-hydrogen) atoms. The number of nitrogens with zero attached hydrogens (tertiary/aromatic N) is 2. The first-order valence-corrected chi connectivity index (χ1v) is 6.48. The summed E-state index contributed by atoms with van der Waals surface area (Å²) in [5.41, 5.74) is 7.39. The summed E-state index contributed by atoms with van der Waals surface area (Å²) < 4.78 is 4.51. The summed E-state index contributed by atoms with van der Waals surface area (Å²) in [5, 5.41) is 2.62. The van der Waals surface area contributed by atoms with Gasteiger partial charge in [0, 0.05) is 12.7 Å². The molecule has 0 bridgehead atoms. The van der Waals surface area contributed by atoms with Gasteiger partial charge in [0.1, 0.15) is 6.54 Å². The van der Waals surface area contributed by atoms with Crippen molar-refractivity contribution in [2.75, 3.05) is 26.0 Å². The number of ether oxygens (including phenoxy) is 1. The molecule has 122 valence electrons. The minimum atomic E-state index is -0.600. The van der Waals surface area contributed by atoms with Gasteiger partial charge in [-0.2, -0.15) is 4.99 Å². The van der Waals surface area contributed by atoms with Gasteiger partial charge in [-0.3, -0.25) is 4.79 Å². The first-order valence-electron chi connectivity index (χ1n) is 6.48. The van der Waals surface area contributed by atoms with Crippen LogP contribution in [0.15, 0.2) is 29.3 Å². The Bertz CT molecular complexity index is 549. The molecule has 0 aliphatic carbocycles. The van der Waals surface area contributed by atoms with Crippen LogP contribution in [0.25, 0.3) is 0 Å². The number of rotatable bonds is 4. The summed E-state index contributed by atoms with van der Waals surface area (Å²) in [6.45, 7) is 1.95. The van der Waals surface area contributed by atoms with Gasteiger partial charge >= 0.3 is 12.0 Å². The van der Waals surface area contributed by atoms with E-state index in [-0.39, 0.29) is 24.9 Å². The lowest BCUT2D eigenvalue weighted by Gasteiger charge is -2.15. The van der Waals surface area contributed by atoms with Gasteiger partial charge in [-0.1, -0.05) is 19.1 Å². The largest absolute Gasteiger partial charge is 0.468 e. The Morgan fingerprint density at radius 3 is 2.68 bits per heavy atom. The Morgan fingerprint density at radius 2 is 2.09 bits per heavy atom. The molecule has 0 spiro atoms. The number of benzene rings is 1. The average Bonchev–Trinajstić information content (AvgIpc) is 2.46. The van der Waals surface area contributed by atoms with E-state index in [1.807, 2.05) is 25.1 Å². The van der Waals surface area contributed by atoms with Crippen LogP contribution < -0.4 is 11.1 Å². The van der Waals surface area contributed by atoms with Crippen LogP contribution in [-0.4, -0.2) is 43.6 Å². The van der Waals surface area contributed by atoms with E-state index in [9.17, 15) is 9.59 Å². The SMILES string of the molecule is CCc1cccc(NC(=O)N=C(N)N(C)CC(=O)OC)c1.Cl. The molecule has 0 radical (unpaired) electrons. The Labute approximate surface area is 135 Å². The average molecular weight is 329 g/mol. The molecule has 0 aliphatic rings. The van der Waals surface area contributed by atoms with Crippen molar-refractivity contribution in [2.24, 2.45) is 10.7 Å². The van der Waals surface area contributed by atoms with Crippen molar-refractivity contribution in [1.82, 2.24) is 4.90 Å². The predicted molar refractivity (Wildman–Crippen MR) is 88.4 cm³/mol. The smallest absolute Gasteiger partial charge is 0.348 e. The molecule has 0 aliphatic heterocycles. The monoisotopic (exact) mass is 328 g/mol. The quantitative estimate of drug-likeness (QED) is 0.497. The summed E-state index contributed by atoms with van der Waals surface area (Å²) in [5.74, 6) is -0.531. The Balaban J connectivity index is 0.00000441.